The van der Waals surface area contributed by atoms with Crippen molar-refractivity contribution in [2.45, 2.75) is 25.3 Å². The topological polar surface area (TPSA) is 99.2 Å². The molecular formula is C15H16N6O2. The maximum absolute atomic E-state index is 12.7. The maximum atomic E-state index is 12.7. The number of hydrogen-bond donors (Lipinski definition) is 2. The molecule has 118 valence electrons. The molecule has 0 spiro atoms. The number of H-pyrrole nitrogens is 2. The van der Waals surface area contributed by atoms with Gasteiger partial charge in [0, 0.05) is 36.9 Å². The third-order valence-corrected chi connectivity index (χ3v) is 4.27. The van der Waals surface area contributed by atoms with Gasteiger partial charge in [-0.25, -0.2) is 4.98 Å². The molecule has 0 saturated carbocycles. The van der Waals surface area contributed by atoms with Crippen LogP contribution in [0.3, 0.4) is 0 Å². The van der Waals surface area contributed by atoms with Gasteiger partial charge in [0.05, 0.1) is 6.04 Å². The van der Waals surface area contributed by atoms with Crippen LogP contribution in [-0.2, 0) is 0 Å². The zero-order valence-electron chi connectivity index (χ0n) is 12.4. The maximum Gasteiger partial charge on any atom is 0.272 e. The van der Waals surface area contributed by atoms with Gasteiger partial charge < -0.3 is 9.88 Å². The second kappa shape index (κ2) is 5.38. The normalized spacial score (nSPS) is 18.4. The molecule has 3 aromatic rings. The number of piperidine rings is 1. The molecule has 8 heteroatoms. The molecule has 23 heavy (non-hydrogen) atoms. The van der Waals surface area contributed by atoms with E-state index in [1.54, 1.807) is 35.6 Å². The molecule has 0 aromatic carbocycles. The van der Waals surface area contributed by atoms with Crippen LogP contribution in [0.4, 0.5) is 0 Å². The predicted octanol–water partition coefficient (Wildman–Crippen LogP) is 1.11. The van der Waals surface area contributed by atoms with Crippen LogP contribution in [0.2, 0.25) is 0 Å². The zero-order valence-corrected chi connectivity index (χ0v) is 12.4. The number of rotatable bonds is 2. The Labute approximate surface area is 131 Å². The summed E-state index contributed by atoms with van der Waals surface area (Å²) in [6.45, 7) is 0.657. The summed E-state index contributed by atoms with van der Waals surface area (Å²) >= 11 is 0. The van der Waals surface area contributed by atoms with Crippen LogP contribution in [0.1, 0.15) is 41.5 Å². The number of nitrogens with one attached hydrogen (secondary N) is 2. The first-order valence-electron chi connectivity index (χ1n) is 7.60. The third-order valence-electron chi connectivity index (χ3n) is 4.27. The van der Waals surface area contributed by atoms with Crippen molar-refractivity contribution in [1.29, 1.82) is 0 Å². The van der Waals surface area contributed by atoms with E-state index in [0.29, 0.717) is 18.0 Å². The van der Waals surface area contributed by atoms with Crippen LogP contribution >= 0.6 is 0 Å². The van der Waals surface area contributed by atoms with E-state index in [-0.39, 0.29) is 17.5 Å². The Morgan fingerprint density at radius 3 is 3.04 bits per heavy atom. The molecule has 1 aliphatic rings. The zero-order chi connectivity index (χ0) is 15.8. The molecule has 4 heterocycles. The second-order valence-corrected chi connectivity index (χ2v) is 5.66. The molecule has 0 unspecified atom stereocenters. The van der Waals surface area contributed by atoms with Crippen LogP contribution in [0.15, 0.2) is 35.5 Å². The minimum absolute atomic E-state index is 0.101. The molecular weight excluding hydrogens is 296 g/mol. The van der Waals surface area contributed by atoms with E-state index in [9.17, 15) is 9.59 Å². The third kappa shape index (κ3) is 2.32. The minimum atomic E-state index is -0.158. The second-order valence-electron chi connectivity index (χ2n) is 5.66. The van der Waals surface area contributed by atoms with Gasteiger partial charge in [0.25, 0.3) is 11.5 Å². The summed E-state index contributed by atoms with van der Waals surface area (Å²) in [6.07, 6.45) is 7.53. The van der Waals surface area contributed by atoms with Gasteiger partial charge in [-0.2, -0.15) is 5.10 Å². The Morgan fingerprint density at radius 2 is 2.22 bits per heavy atom. The van der Waals surface area contributed by atoms with Crippen LogP contribution in [0, 0.1) is 0 Å². The minimum Gasteiger partial charge on any atom is -0.329 e. The molecule has 2 N–H and O–H groups in total. The molecule has 1 saturated heterocycles. The molecule has 1 amide bonds. The van der Waals surface area contributed by atoms with Gasteiger partial charge >= 0.3 is 0 Å². The SMILES string of the molecule is O=C(c1ccn[nH]1)N1CCCC[C@@H]1c1cc(=O)n2ccnc2[nH]1. The molecule has 0 aliphatic carbocycles. The fraction of sp³-hybridized carbons (Fsp3) is 0.333. The molecule has 0 radical (unpaired) electrons. The monoisotopic (exact) mass is 312 g/mol. The summed E-state index contributed by atoms with van der Waals surface area (Å²) in [6, 6.07) is 3.06. The average Bonchev–Trinajstić information content (AvgIpc) is 3.25. The molecule has 8 nitrogen and oxygen atoms in total. The van der Waals surface area contributed by atoms with E-state index in [4.69, 9.17) is 0 Å². The highest BCUT2D eigenvalue weighted by Crippen LogP contribution is 2.30. The number of carbonyl (C=O) groups is 1. The lowest BCUT2D eigenvalue weighted by Crippen LogP contribution is -2.39. The number of likely N-dealkylation sites (tertiary alicyclic amines) is 1. The average molecular weight is 312 g/mol. The molecule has 1 aliphatic heterocycles. The van der Waals surface area contributed by atoms with Gasteiger partial charge in [-0.05, 0) is 25.3 Å². The molecule has 3 aromatic heterocycles. The van der Waals surface area contributed by atoms with E-state index in [1.165, 1.54) is 4.40 Å². The van der Waals surface area contributed by atoms with Gasteiger partial charge in [-0.15, -0.1) is 0 Å². The van der Waals surface area contributed by atoms with E-state index in [0.717, 1.165) is 25.0 Å². The number of imidazole rings is 1. The summed E-state index contributed by atoms with van der Waals surface area (Å²) in [5, 5.41) is 6.55. The summed E-state index contributed by atoms with van der Waals surface area (Å²) in [5.41, 5.74) is 1.04. The first kappa shape index (κ1) is 13.7. The highest BCUT2D eigenvalue weighted by atomic mass is 16.2. The largest absolute Gasteiger partial charge is 0.329 e. The van der Waals surface area contributed by atoms with Gasteiger partial charge in [-0.1, -0.05) is 0 Å². The van der Waals surface area contributed by atoms with Crippen LogP contribution in [-0.4, -0.2) is 41.9 Å². The number of nitrogens with zero attached hydrogens (tertiary/aromatic N) is 4. The van der Waals surface area contributed by atoms with Gasteiger partial charge in [-0.3, -0.25) is 19.1 Å². The summed E-state index contributed by atoms with van der Waals surface area (Å²) in [5.74, 6) is 0.392. The highest BCUT2D eigenvalue weighted by molar-refractivity contribution is 5.92. The predicted molar refractivity (Wildman–Crippen MR) is 82.0 cm³/mol. The lowest BCUT2D eigenvalue weighted by molar-refractivity contribution is 0.0600. The number of aromatic nitrogens is 5. The lowest BCUT2D eigenvalue weighted by Gasteiger charge is -2.35. The Kier molecular flexibility index (Phi) is 3.22. The first-order chi connectivity index (χ1) is 11.2. The fourth-order valence-corrected chi connectivity index (χ4v) is 3.15. The van der Waals surface area contributed by atoms with E-state index >= 15 is 0 Å². The highest BCUT2D eigenvalue weighted by Gasteiger charge is 2.30. The van der Waals surface area contributed by atoms with Crippen LogP contribution in [0.5, 0.6) is 0 Å². The van der Waals surface area contributed by atoms with Crippen molar-refractivity contribution in [1.82, 2.24) is 29.5 Å². The van der Waals surface area contributed by atoms with Crippen molar-refractivity contribution < 1.29 is 4.79 Å². The van der Waals surface area contributed by atoms with E-state index < -0.39 is 0 Å². The molecule has 4 rings (SSSR count). The number of amides is 1. The summed E-state index contributed by atoms with van der Waals surface area (Å²) in [4.78, 5) is 34.0. The quantitative estimate of drug-likeness (QED) is 0.740. The molecule has 1 fully saturated rings. The number of hydrogen-bond acceptors (Lipinski definition) is 4. The van der Waals surface area contributed by atoms with Crippen LogP contribution < -0.4 is 5.56 Å². The number of carbonyl (C=O) groups excluding carboxylic acids is 1. The van der Waals surface area contributed by atoms with Crippen LogP contribution in [0.25, 0.3) is 5.78 Å². The Hall–Kier alpha value is -2.90. The standard InChI is InChI=1S/C15H16N6O2/c22-13-9-11(18-15-16-6-8-21(13)15)12-3-1-2-7-20(12)14(23)10-4-5-17-19-10/h4-6,8-9,12H,1-3,7H2,(H,16,18)(H,17,19)/t12-/m1/s1. The number of fused-ring (bicyclic) bond motifs is 1. The van der Waals surface area contributed by atoms with Gasteiger partial charge in [0.15, 0.2) is 0 Å². The molecule has 0 bridgehead atoms. The van der Waals surface area contributed by atoms with Crippen molar-refractivity contribution in [3.8, 4) is 0 Å². The fourth-order valence-electron chi connectivity index (χ4n) is 3.15. The Morgan fingerprint density at radius 1 is 1.30 bits per heavy atom. The Balaban J connectivity index is 1.74. The van der Waals surface area contributed by atoms with Gasteiger partial charge in [0.2, 0.25) is 5.78 Å². The summed E-state index contributed by atoms with van der Waals surface area (Å²) < 4.78 is 1.45. The van der Waals surface area contributed by atoms with E-state index in [2.05, 4.69) is 20.2 Å². The summed E-state index contributed by atoms with van der Waals surface area (Å²) in [7, 11) is 0. The number of aromatic amines is 2. The smallest absolute Gasteiger partial charge is 0.272 e. The lowest BCUT2D eigenvalue weighted by atomic mass is 9.98. The van der Waals surface area contributed by atoms with Crippen molar-refractivity contribution in [3.05, 3.63) is 52.5 Å². The van der Waals surface area contributed by atoms with Crippen molar-refractivity contribution in [2.24, 2.45) is 0 Å². The van der Waals surface area contributed by atoms with E-state index in [1.807, 2.05) is 0 Å². The Bertz CT molecular complexity index is 894. The van der Waals surface area contributed by atoms with Crippen molar-refractivity contribution >= 4 is 11.7 Å². The van der Waals surface area contributed by atoms with Crippen molar-refractivity contribution in [2.75, 3.05) is 6.54 Å². The van der Waals surface area contributed by atoms with Crippen molar-refractivity contribution in [3.63, 3.8) is 0 Å². The van der Waals surface area contributed by atoms with Gasteiger partial charge in [0.1, 0.15) is 5.69 Å². The molecule has 1 atom stereocenters. The first-order valence-corrected chi connectivity index (χ1v) is 7.60.